The van der Waals surface area contributed by atoms with E-state index in [1.165, 1.54) is 11.3 Å². The molecule has 1 saturated heterocycles. The van der Waals surface area contributed by atoms with Crippen molar-refractivity contribution >= 4 is 5.69 Å². The molecule has 0 bridgehead atoms. The van der Waals surface area contributed by atoms with Gasteiger partial charge in [0, 0.05) is 23.8 Å². The lowest BCUT2D eigenvalue weighted by atomic mass is 9.96. The average molecular weight is 232 g/mol. The van der Waals surface area contributed by atoms with Crippen molar-refractivity contribution in [1.29, 1.82) is 0 Å². The van der Waals surface area contributed by atoms with Gasteiger partial charge in [-0.3, -0.25) is 0 Å². The number of nitrogens with zero attached hydrogens (tertiary/aromatic N) is 1. The van der Waals surface area contributed by atoms with Crippen LogP contribution in [-0.2, 0) is 0 Å². The van der Waals surface area contributed by atoms with Crippen molar-refractivity contribution in [1.82, 2.24) is 0 Å². The number of hydrogen-bond acceptors (Lipinski definition) is 2. The van der Waals surface area contributed by atoms with E-state index in [4.69, 9.17) is 5.73 Å². The van der Waals surface area contributed by atoms with Crippen molar-refractivity contribution in [2.45, 2.75) is 51.6 Å². The second kappa shape index (κ2) is 4.34. The second-order valence-electron chi connectivity index (χ2n) is 6.10. The van der Waals surface area contributed by atoms with E-state index in [9.17, 15) is 0 Å². The van der Waals surface area contributed by atoms with Crippen LogP contribution < -0.4 is 10.6 Å². The summed E-state index contributed by atoms with van der Waals surface area (Å²) in [5.41, 5.74) is 9.08. The zero-order chi connectivity index (χ0) is 12.6. The fraction of sp³-hybridized carbons (Fsp3) is 0.600. The Morgan fingerprint density at radius 3 is 2.47 bits per heavy atom. The van der Waals surface area contributed by atoms with Crippen LogP contribution in [0.25, 0.3) is 0 Å². The molecule has 1 fully saturated rings. The lowest BCUT2D eigenvalue weighted by molar-refractivity contribution is 0.504. The van der Waals surface area contributed by atoms with Crippen molar-refractivity contribution in [2.75, 3.05) is 11.4 Å². The molecule has 0 radical (unpaired) electrons. The Balaban J connectivity index is 2.40. The van der Waals surface area contributed by atoms with E-state index < -0.39 is 0 Å². The van der Waals surface area contributed by atoms with Gasteiger partial charge in [0.05, 0.1) is 0 Å². The Labute approximate surface area is 105 Å². The fourth-order valence-corrected chi connectivity index (χ4v) is 2.94. The van der Waals surface area contributed by atoms with Crippen LogP contribution >= 0.6 is 0 Å². The summed E-state index contributed by atoms with van der Waals surface area (Å²) >= 11 is 0. The summed E-state index contributed by atoms with van der Waals surface area (Å²) in [5, 5.41) is 0. The number of rotatable bonds is 2. The molecule has 2 rings (SSSR count). The molecule has 17 heavy (non-hydrogen) atoms. The van der Waals surface area contributed by atoms with Gasteiger partial charge in [-0.1, -0.05) is 32.0 Å². The molecule has 1 aromatic carbocycles. The summed E-state index contributed by atoms with van der Waals surface area (Å²) in [5.74, 6) is 0.554. The lowest BCUT2D eigenvalue weighted by Crippen LogP contribution is -2.38. The Morgan fingerprint density at radius 2 is 1.94 bits per heavy atom. The molecule has 1 aliphatic heterocycles. The van der Waals surface area contributed by atoms with Gasteiger partial charge >= 0.3 is 0 Å². The van der Waals surface area contributed by atoms with Crippen LogP contribution in [0.5, 0.6) is 0 Å². The van der Waals surface area contributed by atoms with Gasteiger partial charge in [-0.15, -0.1) is 0 Å². The Morgan fingerprint density at radius 1 is 1.29 bits per heavy atom. The summed E-state index contributed by atoms with van der Waals surface area (Å²) in [6.45, 7) is 10.0. The van der Waals surface area contributed by atoms with E-state index in [1.54, 1.807) is 0 Å². The van der Waals surface area contributed by atoms with Crippen molar-refractivity contribution in [3.8, 4) is 0 Å². The smallest absolute Gasteiger partial charge is 0.0406 e. The van der Waals surface area contributed by atoms with Gasteiger partial charge < -0.3 is 10.6 Å². The number of hydrogen-bond donors (Lipinski definition) is 1. The third-order valence-corrected chi connectivity index (χ3v) is 3.76. The largest absolute Gasteiger partial charge is 0.365 e. The molecule has 1 aliphatic rings. The van der Waals surface area contributed by atoms with Gasteiger partial charge in [0.2, 0.25) is 0 Å². The quantitative estimate of drug-likeness (QED) is 0.849. The Bertz CT molecular complexity index is 396. The van der Waals surface area contributed by atoms with Gasteiger partial charge in [0.1, 0.15) is 0 Å². The first-order valence-electron chi connectivity index (χ1n) is 6.54. The molecule has 0 spiro atoms. The van der Waals surface area contributed by atoms with E-state index >= 15 is 0 Å². The SMILES string of the molecule is CC(C)c1ccccc1N1CC(N)CC1(C)C. The first kappa shape index (κ1) is 12.4. The second-order valence-corrected chi connectivity index (χ2v) is 6.10. The van der Waals surface area contributed by atoms with Crippen LogP contribution in [0.15, 0.2) is 24.3 Å². The van der Waals surface area contributed by atoms with Gasteiger partial charge in [-0.25, -0.2) is 0 Å². The zero-order valence-corrected chi connectivity index (χ0v) is 11.4. The number of nitrogens with two attached hydrogens (primary N) is 1. The van der Waals surface area contributed by atoms with Gasteiger partial charge in [-0.05, 0) is 37.8 Å². The number of benzene rings is 1. The highest BCUT2D eigenvalue weighted by molar-refractivity contribution is 5.58. The molecule has 2 nitrogen and oxygen atoms in total. The molecule has 0 aliphatic carbocycles. The topological polar surface area (TPSA) is 29.3 Å². The molecule has 0 aromatic heterocycles. The highest BCUT2D eigenvalue weighted by Gasteiger charge is 2.37. The third kappa shape index (κ3) is 2.32. The Hall–Kier alpha value is -1.02. The minimum absolute atomic E-state index is 0.171. The summed E-state index contributed by atoms with van der Waals surface area (Å²) in [7, 11) is 0. The van der Waals surface area contributed by atoms with Crippen LogP contribution in [0.1, 0.15) is 45.6 Å². The minimum atomic E-state index is 0.171. The van der Waals surface area contributed by atoms with E-state index in [0.717, 1.165) is 13.0 Å². The molecule has 0 amide bonds. The van der Waals surface area contributed by atoms with Gasteiger partial charge in [-0.2, -0.15) is 0 Å². The maximum atomic E-state index is 6.12. The molecule has 2 heteroatoms. The fourth-order valence-electron chi connectivity index (χ4n) is 2.94. The first-order valence-corrected chi connectivity index (χ1v) is 6.54. The van der Waals surface area contributed by atoms with E-state index in [0.29, 0.717) is 12.0 Å². The van der Waals surface area contributed by atoms with Crippen LogP contribution in [-0.4, -0.2) is 18.1 Å². The third-order valence-electron chi connectivity index (χ3n) is 3.76. The molecule has 1 heterocycles. The van der Waals surface area contributed by atoms with Crippen LogP contribution in [0.2, 0.25) is 0 Å². The molecular formula is C15H24N2. The van der Waals surface area contributed by atoms with Crippen molar-refractivity contribution in [2.24, 2.45) is 5.73 Å². The van der Waals surface area contributed by atoms with E-state index in [1.807, 2.05) is 0 Å². The molecular weight excluding hydrogens is 208 g/mol. The standard InChI is InChI=1S/C15H24N2/c1-11(2)13-7-5-6-8-14(13)17-10-12(16)9-15(17,3)4/h5-8,11-12H,9-10,16H2,1-4H3. The van der Waals surface area contributed by atoms with Crippen LogP contribution in [0, 0.1) is 0 Å². The van der Waals surface area contributed by atoms with Gasteiger partial charge in [0.25, 0.3) is 0 Å². The Kier molecular flexibility index (Phi) is 3.17. The maximum absolute atomic E-state index is 6.12. The predicted octanol–water partition coefficient (Wildman–Crippen LogP) is 3.13. The molecule has 1 aromatic rings. The van der Waals surface area contributed by atoms with Crippen molar-refractivity contribution in [3.63, 3.8) is 0 Å². The molecule has 1 atom stereocenters. The summed E-state index contributed by atoms with van der Waals surface area (Å²) < 4.78 is 0. The van der Waals surface area contributed by atoms with Crippen molar-refractivity contribution in [3.05, 3.63) is 29.8 Å². The first-order chi connectivity index (χ1) is 7.92. The normalized spacial score (nSPS) is 23.4. The highest BCUT2D eigenvalue weighted by atomic mass is 15.2. The maximum Gasteiger partial charge on any atom is 0.0406 e. The molecule has 0 saturated carbocycles. The zero-order valence-electron chi connectivity index (χ0n) is 11.4. The van der Waals surface area contributed by atoms with Crippen molar-refractivity contribution < 1.29 is 0 Å². The average Bonchev–Trinajstić information content (AvgIpc) is 2.51. The summed E-state index contributed by atoms with van der Waals surface area (Å²) in [6.07, 6.45) is 1.07. The molecule has 1 unspecified atom stereocenters. The van der Waals surface area contributed by atoms with E-state index in [-0.39, 0.29) is 5.54 Å². The van der Waals surface area contributed by atoms with E-state index in [2.05, 4.69) is 56.9 Å². The monoisotopic (exact) mass is 232 g/mol. The molecule has 2 N–H and O–H groups in total. The summed E-state index contributed by atoms with van der Waals surface area (Å²) in [4.78, 5) is 2.48. The van der Waals surface area contributed by atoms with Gasteiger partial charge in [0.15, 0.2) is 0 Å². The van der Waals surface area contributed by atoms with Crippen LogP contribution in [0.3, 0.4) is 0 Å². The molecule has 94 valence electrons. The predicted molar refractivity (Wildman–Crippen MR) is 74.5 cm³/mol. The van der Waals surface area contributed by atoms with Crippen LogP contribution in [0.4, 0.5) is 5.69 Å². The number of anilines is 1. The highest BCUT2D eigenvalue weighted by Crippen LogP contribution is 2.37. The minimum Gasteiger partial charge on any atom is -0.365 e. The number of para-hydroxylation sites is 1. The summed E-state index contributed by atoms with van der Waals surface area (Å²) in [6, 6.07) is 9.02. The lowest BCUT2D eigenvalue weighted by Gasteiger charge is -2.35.